The van der Waals surface area contributed by atoms with E-state index in [4.69, 9.17) is 4.74 Å². The Labute approximate surface area is 133 Å². The molecule has 0 aliphatic carbocycles. The van der Waals surface area contributed by atoms with E-state index in [-0.39, 0.29) is 23.4 Å². The maximum atomic E-state index is 12.3. The fraction of sp³-hybridized carbons (Fsp3) is 0.467. The van der Waals surface area contributed by atoms with Crippen molar-refractivity contribution >= 4 is 17.6 Å². The summed E-state index contributed by atoms with van der Waals surface area (Å²) in [5.41, 5.74) is -1.44. The largest absolute Gasteiger partial charge is 0.496 e. The first-order valence-corrected chi connectivity index (χ1v) is 7.05. The van der Waals surface area contributed by atoms with Crippen LogP contribution < -0.4 is 10.1 Å². The highest BCUT2D eigenvalue weighted by molar-refractivity contribution is 5.98. The number of nitrogens with one attached hydrogen (secondary N) is 1. The molecule has 1 amide bonds. The summed E-state index contributed by atoms with van der Waals surface area (Å²) in [6.45, 7) is 4.71. The highest BCUT2D eigenvalue weighted by atomic mass is 16.6. The lowest BCUT2D eigenvalue weighted by Crippen LogP contribution is -2.52. The Kier molecular flexibility index (Phi) is 5.67. The van der Waals surface area contributed by atoms with Gasteiger partial charge in [-0.05, 0) is 26.3 Å². The minimum absolute atomic E-state index is 0.0253. The number of aliphatic carboxylic acids is 1. The number of carbonyl (C=O) groups excluding carboxylic acids is 1. The third kappa shape index (κ3) is 3.97. The van der Waals surface area contributed by atoms with Gasteiger partial charge in [0.05, 0.1) is 17.6 Å². The number of hydrogen-bond donors (Lipinski definition) is 2. The predicted molar refractivity (Wildman–Crippen MR) is 82.8 cm³/mol. The lowest BCUT2D eigenvalue weighted by atomic mass is 9.95. The van der Waals surface area contributed by atoms with Crippen LogP contribution >= 0.6 is 0 Å². The summed E-state index contributed by atoms with van der Waals surface area (Å²) in [5.74, 6) is -1.68. The summed E-state index contributed by atoms with van der Waals surface area (Å²) >= 11 is 0. The summed E-state index contributed by atoms with van der Waals surface area (Å²) in [5, 5.41) is 22.8. The maximum Gasteiger partial charge on any atom is 0.329 e. The van der Waals surface area contributed by atoms with E-state index in [0.717, 1.165) is 6.07 Å². The number of nitrogens with zero attached hydrogens (tertiary/aromatic N) is 1. The lowest BCUT2D eigenvalue weighted by Gasteiger charge is -2.25. The summed E-state index contributed by atoms with van der Waals surface area (Å²) in [7, 11) is 1.34. The minimum Gasteiger partial charge on any atom is -0.496 e. The van der Waals surface area contributed by atoms with E-state index in [1.807, 2.05) is 0 Å². The molecule has 0 aliphatic heterocycles. The Balaban J connectivity index is 3.25. The number of hydrogen-bond acceptors (Lipinski definition) is 5. The topological polar surface area (TPSA) is 119 Å². The maximum absolute atomic E-state index is 12.3. The molecule has 1 unspecified atom stereocenters. The summed E-state index contributed by atoms with van der Waals surface area (Å²) in [6.07, 6.45) is 0.791. The molecule has 1 aromatic carbocycles. The zero-order chi connectivity index (χ0) is 17.8. The van der Waals surface area contributed by atoms with Gasteiger partial charge in [0.15, 0.2) is 0 Å². The van der Waals surface area contributed by atoms with E-state index >= 15 is 0 Å². The molecule has 0 aromatic heterocycles. The SMILES string of the molecule is CCCC(C)(NC(=O)c1cc(OC)c(C)c([N+](=O)[O-])c1)C(=O)O. The Hall–Kier alpha value is -2.64. The Morgan fingerprint density at radius 2 is 2.04 bits per heavy atom. The van der Waals surface area contributed by atoms with Crippen molar-refractivity contribution in [2.24, 2.45) is 0 Å². The van der Waals surface area contributed by atoms with Crippen molar-refractivity contribution in [1.29, 1.82) is 0 Å². The summed E-state index contributed by atoms with van der Waals surface area (Å²) in [6, 6.07) is 2.47. The zero-order valence-corrected chi connectivity index (χ0v) is 13.5. The van der Waals surface area contributed by atoms with Crippen LogP contribution in [0.1, 0.15) is 42.6 Å². The van der Waals surface area contributed by atoms with Gasteiger partial charge in [-0.15, -0.1) is 0 Å². The lowest BCUT2D eigenvalue weighted by molar-refractivity contribution is -0.385. The van der Waals surface area contributed by atoms with E-state index < -0.39 is 22.3 Å². The molecule has 1 atom stereocenters. The molecule has 23 heavy (non-hydrogen) atoms. The second-order valence-electron chi connectivity index (χ2n) is 5.42. The van der Waals surface area contributed by atoms with Crippen molar-refractivity contribution in [3.05, 3.63) is 33.4 Å². The standard InChI is InChI=1S/C15H20N2O6/c1-5-6-15(3,14(19)20)16-13(18)10-7-11(17(21)22)9(2)12(8-10)23-4/h7-8H,5-6H2,1-4H3,(H,16,18)(H,19,20). The van der Waals surface area contributed by atoms with Gasteiger partial charge in [0, 0.05) is 11.6 Å². The van der Waals surface area contributed by atoms with Gasteiger partial charge in [-0.1, -0.05) is 13.3 Å². The van der Waals surface area contributed by atoms with Crippen molar-refractivity contribution in [2.45, 2.75) is 39.2 Å². The number of amides is 1. The summed E-state index contributed by atoms with van der Waals surface area (Å²) < 4.78 is 5.05. The van der Waals surface area contributed by atoms with Crippen molar-refractivity contribution < 1.29 is 24.4 Å². The highest BCUT2D eigenvalue weighted by Gasteiger charge is 2.34. The third-order valence-corrected chi connectivity index (χ3v) is 3.62. The number of ether oxygens (including phenoxy) is 1. The quantitative estimate of drug-likeness (QED) is 0.586. The Bertz CT molecular complexity index is 643. The van der Waals surface area contributed by atoms with Crippen molar-refractivity contribution in [2.75, 3.05) is 7.11 Å². The average Bonchev–Trinajstić information content (AvgIpc) is 2.46. The van der Waals surface area contributed by atoms with Crippen LogP contribution in [0.5, 0.6) is 5.75 Å². The predicted octanol–water partition coefficient (Wildman–Crippen LogP) is 2.29. The van der Waals surface area contributed by atoms with Gasteiger partial charge < -0.3 is 15.2 Å². The smallest absolute Gasteiger partial charge is 0.329 e. The molecule has 0 heterocycles. The van der Waals surface area contributed by atoms with E-state index in [0.29, 0.717) is 12.0 Å². The molecule has 0 saturated carbocycles. The highest BCUT2D eigenvalue weighted by Crippen LogP contribution is 2.29. The second kappa shape index (κ2) is 7.08. The molecule has 8 heteroatoms. The van der Waals surface area contributed by atoms with Gasteiger partial charge in [-0.2, -0.15) is 0 Å². The van der Waals surface area contributed by atoms with Crippen molar-refractivity contribution in [3.8, 4) is 5.75 Å². The number of benzene rings is 1. The molecule has 0 radical (unpaired) electrons. The van der Waals surface area contributed by atoms with Crippen LogP contribution in [0.3, 0.4) is 0 Å². The molecule has 126 valence electrons. The van der Waals surface area contributed by atoms with Crippen LogP contribution in [0, 0.1) is 17.0 Å². The minimum atomic E-state index is -1.45. The number of nitro groups is 1. The van der Waals surface area contributed by atoms with Crippen LogP contribution in [-0.4, -0.2) is 34.6 Å². The fourth-order valence-corrected chi connectivity index (χ4v) is 2.25. The molecule has 0 fully saturated rings. The normalized spacial score (nSPS) is 13.0. The third-order valence-electron chi connectivity index (χ3n) is 3.62. The van der Waals surface area contributed by atoms with Gasteiger partial charge >= 0.3 is 5.97 Å². The van der Waals surface area contributed by atoms with Crippen LogP contribution in [0.2, 0.25) is 0 Å². The van der Waals surface area contributed by atoms with Gasteiger partial charge in [0.1, 0.15) is 11.3 Å². The van der Waals surface area contributed by atoms with Gasteiger partial charge in [0.2, 0.25) is 0 Å². The molecule has 0 saturated heterocycles. The van der Waals surface area contributed by atoms with Crippen LogP contribution in [0.4, 0.5) is 5.69 Å². The number of rotatable bonds is 7. The van der Waals surface area contributed by atoms with E-state index in [2.05, 4.69) is 5.32 Å². The van der Waals surface area contributed by atoms with Crippen LogP contribution in [0.15, 0.2) is 12.1 Å². The van der Waals surface area contributed by atoms with Gasteiger partial charge in [-0.25, -0.2) is 4.79 Å². The number of carboxylic acids is 1. The molecule has 1 aromatic rings. The first-order valence-electron chi connectivity index (χ1n) is 7.05. The van der Waals surface area contributed by atoms with E-state index in [9.17, 15) is 24.8 Å². The first kappa shape index (κ1) is 18.4. The molecule has 0 bridgehead atoms. The zero-order valence-electron chi connectivity index (χ0n) is 13.5. The second-order valence-corrected chi connectivity index (χ2v) is 5.42. The van der Waals surface area contributed by atoms with Crippen LogP contribution in [-0.2, 0) is 4.79 Å². The molecule has 0 aliphatic rings. The monoisotopic (exact) mass is 324 g/mol. The Morgan fingerprint density at radius 1 is 1.43 bits per heavy atom. The van der Waals surface area contributed by atoms with Gasteiger partial charge in [0.25, 0.3) is 11.6 Å². The molecule has 1 rings (SSSR count). The van der Waals surface area contributed by atoms with Crippen LogP contribution in [0.25, 0.3) is 0 Å². The number of carbonyl (C=O) groups is 2. The number of methoxy groups -OCH3 is 1. The average molecular weight is 324 g/mol. The number of carboxylic acid groups (broad SMARTS) is 1. The van der Waals surface area contributed by atoms with E-state index in [1.165, 1.54) is 27.0 Å². The molecule has 2 N–H and O–H groups in total. The summed E-state index contributed by atoms with van der Waals surface area (Å²) in [4.78, 5) is 34.2. The van der Waals surface area contributed by atoms with Crippen molar-refractivity contribution in [1.82, 2.24) is 5.32 Å². The fourth-order valence-electron chi connectivity index (χ4n) is 2.25. The first-order chi connectivity index (χ1) is 10.7. The molecule has 8 nitrogen and oxygen atoms in total. The molecular formula is C15H20N2O6. The van der Waals surface area contributed by atoms with Crippen molar-refractivity contribution in [3.63, 3.8) is 0 Å². The number of nitro benzene ring substituents is 1. The Morgan fingerprint density at radius 3 is 2.48 bits per heavy atom. The molecule has 0 spiro atoms. The molecular weight excluding hydrogens is 304 g/mol. The van der Waals surface area contributed by atoms with Gasteiger partial charge in [-0.3, -0.25) is 14.9 Å². The van der Waals surface area contributed by atoms with E-state index in [1.54, 1.807) is 6.92 Å².